The van der Waals surface area contributed by atoms with Gasteiger partial charge in [0.15, 0.2) is 0 Å². The molecule has 1 aliphatic heterocycles. The van der Waals surface area contributed by atoms with E-state index in [1.807, 2.05) is 13.8 Å². The molecule has 0 saturated carbocycles. The van der Waals surface area contributed by atoms with Crippen LogP contribution < -0.4 is 5.32 Å². The molecule has 128 valence electrons. The molecule has 0 aliphatic carbocycles. The molecule has 1 fully saturated rings. The minimum Gasteiger partial charge on any atom is -0.352 e. The molecule has 0 aromatic heterocycles. The van der Waals surface area contributed by atoms with Crippen LogP contribution in [0.4, 0.5) is 4.39 Å². The summed E-state index contributed by atoms with van der Waals surface area (Å²) in [5.74, 6) is -0.879. The Morgan fingerprint density at radius 1 is 1.30 bits per heavy atom. The number of hydrogen-bond donors (Lipinski definition) is 1. The predicted molar refractivity (Wildman–Crippen MR) is 86.2 cm³/mol. The quantitative estimate of drug-likeness (QED) is 0.863. The summed E-state index contributed by atoms with van der Waals surface area (Å²) >= 11 is 0. The van der Waals surface area contributed by atoms with E-state index in [0.717, 1.165) is 31.4 Å². The number of carbonyl (C=O) groups excluding carboxylic acids is 1. The summed E-state index contributed by atoms with van der Waals surface area (Å²) in [5.41, 5.74) is -0.228. The lowest BCUT2D eigenvalue weighted by Crippen LogP contribution is -2.29. The molecule has 2 rings (SSSR count). The van der Waals surface area contributed by atoms with Crippen molar-refractivity contribution in [2.45, 2.75) is 38.0 Å². The first-order valence-corrected chi connectivity index (χ1v) is 9.34. The van der Waals surface area contributed by atoms with Crippen molar-refractivity contribution in [1.29, 1.82) is 0 Å². The van der Waals surface area contributed by atoms with Crippen LogP contribution in [0.2, 0.25) is 0 Å². The van der Waals surface area contributed by atoms with Crippen LogP contribution in [0.3, 0.4) is 0 Å². The number of sulfonamides is 1. The number of benzene rings is 1. The highest BCUT2D eigenvalue weighted by atomic mass is 32.2. The average molecular weight is 342 g/mol. The van der Waals surface area contributed by atoms with Gasteiger partial charge in [0.1, 0.15) is 5.82 Å². The molecule has 1 N–H and O–H groups in total. The number of nitrogens with one attached hydrogen (secondary N) is 1. The average Bonchev–Trinajstić information content (AvgIpc) is 3.01. The predicted octanol–water partition coefficient (Wildman–Crippen LogP) is 2.39. The molecule has 1 heterocycles. The summed E-state index contributed by atoms with van der Waals surface area (Å²) in [7, 11) is -3.66. The number of carbonyl (C=O) groups is 1. The van der Waals surface area contributed by atoms with E-state index < -0.39 is 21.7 Å². The molecule has 0 spiro atoms. The second-order valence-corrected chi connectivity index (χ2v) is 8.13. The monoisotopic (exact) mass is 342 g/mol. The fourth-order valence-electron chi connectivity index (χ4n) is 2.49. The molecule has 0 bridgehead atoms. The lowest BCUT2D eigenvalue weighted by Gasteiger charge is -2.16. The second-order valence-electron chi connectivity index (χ2n) is 6.19. The molecule has 5 nitrogen and oxygen atoms in total. The van der Waals surface area contributed by atoms with Crippen LogP contribution in [0.25, 0.3) is 0 Å². The Labute approximate surface area is 136 Å². The summed E-state index contributed by atoms with van der Waals surface area (Å²) in [5, 5.41) is 2.63. The first kappa shape index (κ1) is 17.9. The van der Waals surface area contributed by atoms with E-state index in [2.05, 4.69) is 5.32 Å². The Balaban J connectivity index is 2.20. The van der Waals surface area contributed by atoms with Gasteiger partial charge in [-0.25, -0.2) is 12.8 Å². The van der Waals surface area contributed by atoms with Crippen molar-refractivity contribution in [2.75, 3.05) is 19.6 Å². The highest BCUT2D eigenvalue weighted by Gasteiger charge is 2.28. The second kappa shape index (κ2) is 7.40. The van der Waals surface area contributed by atoms with E-state index in [9.17, 15) is 17.6 Å². The standard InChI is InChI=1S/C16H23FN2O3S/c1-12(2)7-8-18-16(20)14-11-13(5-6-15(14)17)23(21,22)19-9-3-4-10-19/h5-6,11-12H,3-4,7-10H2,1-2H3,(H,18,20). The molecule has 7 heteroatoms. The van der Waals surface area contributed by atoms with E-state index in [4.69, 9.17) is 0 Å². The van der Waals surface area contributed by atoms with E-state index in [1.165, 1.54) is 10.4 Å². The maximum absolute atomic E-state index is 13.9. The highest BCUT2D eigenvalue weighted by Crippen LogP contribution is 2.22. The molecule has 0 atom stereocenters. The number of amides is 1. The van der Waals surface area contributed by atoms with Crippen LogP contribution in [0.5, 0.6) is 0 Å². The number of halogens is 1. The molecule has 1 aromatic carbocycles. The van der Waals surface area contributed by atoms with E-state index >= 15 is 0 Å². The maximum Gasteiger partial charge on any atom is 0.254 e. The van der Waals surface area contributed by atoms with Crippen LogP contribution in [-0.2, 0) is 10.0 Å². The van der Waals surface area contributed by atoms with Gasteiger partial charge in [0, 0.05) is 19.6 Å². The van der Waals surface area contributed by atoms with Crippen LogP contribution in [0, 0.1) is 11.7 Å². The molecule has 1 aromatic rings. The maximum atomic E-state index is 13.9. The third-order valence-corrected chi connectivity index (χ3v) is 5.79. The van der Waals surface area contributed by atoms with Crippen molar-refractivity contribution >= 4 is 15.9 Å². The molecular formula is C16H23FN2O3S. The summed E-state index contributed by atoms with van der Waals surface area (Å²) in [4.78, 5) is 12.1. The van der Waals surface area contributed by atoms with Gasteiger partial charge in [0.2, 0.25) is 10.0 Å². The minimum atomic E-state index is -3.66. The zero-order valence-corrected chi connectivity index (χ0v) is 14.3. The van der Waals surface area contributed by atoms with E-state index in [0.29, 0.717) is 25.6 Å². The first-order valence-electron chi connectivity index (χ1n) is 7.90. The van der Waals surface area contributed by atoms with Crippen molar-refractivity contribution < 1.29 is 17.6 Å². The van der Waals surface area contributed by atoms with Crippen LogP contribution >= 0.6 is 0 Å². The Bertz CT molecular complexity index is 668. The van der Waals surface area contributed by atoms with E-state index in [-0.39, 0.29) is 10.5 Å². The fraction of sp³-hybridized carbons (Fsp3) is 0.562. The van der Waals surface area contributed by atoms with Gasteiger partial charge < -0.3 is 5.32 Å². The molecule has 0 unspecified atom stereocenters. The van der Waals surface area contributed by atoms with Crippen LogP contribution in [-0.4, -0.2) is 38.3 Å². The molecule has 1 aliphatic rings. The normalized spacial score (nSPS) is 16.0. The lowest BCUT2D eigenvalue weighted by molar-refractivity contribution is 0.0947. The molecule has 1 amide bonds. The Hall–Kier alpha value is -1.47. The summed E-state index contributed by atoms with van der Waals surface area (Å²) in [6.45, 7) is 5.41. The Kier molecular flexibility index (Phi) is 5.75. The van der Waals surface area contributed by atoms with Gasteiger partial charge in [-0.15, -0.1) is 0 Å². The van der Waals surface area contributed by atoms with Crippen LogP contribution in [0.1, 0.15) is 43.5 Å². The van der Waals surface area contributed by atoms with Gasteiger partial charge in [-0.3, -0.25) is 4.79 Å². The van der Waals surface area contributed by atoms with Crippen molar-refractivity contribution in [3.63, 3.8) is 0 Å². The summed E-state index contributed by atoms with van der Waals surface area (Å²) < 4.78 is 40.3. The number of nitrogens with zero attached hydrogens (tertiary/aromatic N) is 1. The Morgan fingerprint density at radius 2 is 1.96 bits per heavy atom. The van der Waals surface area contributed by atoms with Crippen molar-refractivity contribution in [1.82, 2.24) is 9.62 Å². The van der Waals surface area contributed by atoms with E-state index in [1.54, 1.807) is 0 Å². The largest absolute Gasteiger partial charge is 0.352 e. The smallest absolute Gasteiger partial charge is 0.254 e. The summed E-state index contributed by atoms with van der Waals surface area (Å²) in [6.07, 6.45) is 2.42. The Morgan fingerprint density at radius 3 is 2.57 bits per heavy atom. The van der Waals surface area contributed by atoms with Crippen molar-refractivity contribution in [3.8, 4) is 0 Å². The van der Waals surface area contributed by atoms with Gasteiger partial charge in [-0.2, -0.15) is 4.31 Å². The molecular weight excluding hydrogens is 319 g/mol. The van der Waals surface area contributed by atoms with Gasteiger partial charge in [0.25, 0.3) is 5.91 Å². The van der Waals surface area contributed by atoms with Gasteiger partial charge >= 0.3 is 0 Å². The summed E-state index contributed by atoms with van der Waals surface area (Å²) in [6, 6.07) is 3.39. The SMILES string of the molecule is CC(C)CCNC(=O)c1cc(S(=O)(=O)N2CCCC2)ccc1F. The lowest BCUT2D eigenvalue weighted by atomic mass is 10.1. The zero-order chi connectivity index (χ0) is 17.0. The molecule has 1 saturated heterocycles. The third-order valence-electron chi connectivity index (χ3n) is 3.89. The molecule has 23 heavy (non-hydrogen) atoms. The van der Waals surface area contributed by atoms with Crippen molar-refractivity contribution in [3.05, 3.63) is 29.6 Å². The minimum absolute atomic E-state index is 0.0326. The van der Waals surface area contributed by atoms with Gasteiger partial charge in [-0.1, -0.05) is 13.8 Å². The third kappa shape index (κ3) is 4.29. The number of hydrogen-bond acceptors (Lipinski definition) is 3. The fourth-order valence-corrected chi connectivity index (χ4v) is 4.03. The topological polar surface area (TPSA) is 66.5 Å². The first-order chi connectivity index (χ1) is 10.8. The van der Waals surface area contributed by atoms with Gasteiger partial charge in [-0.05, 0) is 43.4 Å². The number of rotatable bonds is 6. The van der Waals surface area contributed by atoms with Crippen LogP contribution in [0.15, 0.2) is 23.1 Å². The zero-order valence-electron chi connectivity index (χ0n) is 13.5. The van der Waals surface area contributed by atoms with Crippen molar-refractivity contribution in [2.24, 2.45) is 5.92 Å². The highest BCUT2D eigenvalue weighted by molar-refractivity contribution is 7.89. The van der Waals surface area contributed by atoms with Gasteiger partial charge in [0.05, 0.1) is 10.5 Å². The molecule has 0 radical (unpaired) electrons.